The van der Waals surface area contributed by atoms with Crippen molar-refractivity contribution in [2.45, 2.75) is 34.1 Å². The van der Waals surface area contributed by atoms with Crippen molar-refractivity contribution in [2.75, 3.05) is 6.54 Å². The van der Waals surface area contributed by atoms with Crippen LogP contribution >= 0.6 is 0 Å². The minimum Gasteiger partial charge on any atom is -0.355 e. The molecule has 0 aliphatic carbocycles. The van der Waals surface area contributed by atoms with Gasteiger partial charge in [-0.2, -0.15) is 0 Å². The van der Waals surface area contributed by atoms with Crippen LogP contribution in [0.25, 0.3) is 0 Å². The highest BCUT2D eigenvalue weighted by atomic mass is 16.1. The largest absolute Gasteiger partial charge is 0.355 e. The van der Waals surface area contributed by atoms with Gasteiger partial charge in [0.25, 0.3) is 0 Å². The van der Waals surface area contributed by atoms with Crippen molar-refractivity contribution in [3.05, 3.63) is 0 Å². The van der Waals surface area contributed by atoms with Gasteiger partial charge in [0, 0.05) is 6.54 Å². The first-order valence-corrected chi connectivity index (χ1v) is 4.12. The minimum absolute atomic E-state index is 0.0132. The van der Waals surface area contributed by atoms with E-state index in [0.717, 1.165) is 0 Å². The molecule has 68 valence electrons. The standard InChI is InChI=1S/C10H17NO/c1-5-6-7-9(12)11-8-10(2,3)4/h7-8H2,1-4H3,(H,11,12). The fourth-order valence-electron chi connectivity index (χ4n) is 0.595. The Morgan fingerprint density at radius 2 is 2.00 bits per heavy atom. The van der Waals surface area contributed by atoms with Crippen molar-refractivity contribution in [3.63, 3.8) is 0 Å². The number of hydrogen-bond acceptors (Lipinski definition) is 1. The molecule has 0 radical (unpaired) electrons. The number of nitrogens with one attached hydrogen (secondary N) is 1. The maximum atomic E-state index is 11.0. The van der Waals surface area contributed by atoms with Crippen molar-refractivity contribution >= 4 is 5.91 Å². The molecule has 0 unspecified atom stereocenters. The zero-order valence-corrected chi connectivity index (χ0v) is 8.32. The first kappa shape index (κ1) is 11.0. The van der Waals surface area contributed by atoms with E-state index in [1.165, 1.54) is 0 Å². The lowest BCUT2D eigenvalue weighted by Crippen LogP contribution is -2.31. The van der Waals surface area contributed by atoms with E-state index in [1.54, 1.807) is 6.92 Å². The smallest absolute Gasteiger partial charge is 0.232 e. The van der Waals surface area contributed by atoms with Crippen LogP contribution in [0.3, 0.4) is 0 Å². The van der Waals surface area contributed by atoms with E-state index in [9.17, 15) is 4.79 Å². The van der Waals surface area contributed by atoms with Gasteiger partial charge >= 0.3 is 0 Å². The Balaban J connectivity index is 3.63. The second kappa shape index (κ2) is 4.82. The minimum atomic E-state index is 0.0132. The number of amides is 1. The Labute approximate surface area is 74.7 Å². The molecule has 0 aromatic carbocycles. The third-order valence-electron chi connectivity index (χ3n) is 1.24. The summed E-state index contributed by atoms with van der Waals surface area (Å²) in [5, 5.41) is 2.82. The summed E-state index contributed by atoms with van der Waals surface area (Å²) < 4.78 is 0. The highest BCUT2D eigenvalue weighted by Gasteiger charge is 2.10. The molecule has 2 nitrogen and oxygen atoms in total. The zero-order valence-electron chi connectivity index (χ0n) is 8.32. The molecule has 0 aliphatic rings. The molecule has 0 aliphatic heterocycles. The van der Waals surface area contributed by atoms with Crippen LogP contribution in [-0.4, -0.2) is 12.5 Å². The molecular formula is C10H17NO. The van der Waals surface area contributed by atoms with Gasteiger partial charge in [0.15, 0.2) is 0 Å². The molecule has 0 heterocycles. The Morgan fingerprint density at radius 3 is 2.42 bits per heavy atom. The average Bonchev–Trinajstić information content (AvgIpc) is 1.95. The number of carbonyl (C=O) groups is 1. The van der Waals surface area contributed by atoms with Crippen LogP contribution in [-0.2, 0) is 4.79 Å². The average molecular weight is 167 g/mol. The van der Waals surface area contributed by atoms with Crippen LogP contribution in [0.5, 0.6) is 0 Å². The highest BCUT2D eigenvalue weighted by Crippen LogP contribution is 2.09. The van der Waals surface area contributed by atoms with Crippen LogP contribution in [0.15, 0.2) is 0 Å². The van der Waals surface area contributed by atoms with E-state index in [0.29, 0.717) is 13.0 Å². The maximum absolute atomic E-state index is 11.0. The van der Waals surface area contributed by atoms with Gasteiger partial charge in [-0.1, -0.05) is 26.7 Å². The lowest BCUT2D eigenvalue weighted by atomic mass is 9.97. The summed E-state index contributed by atoms with van der Waals surface area (Å²) in [6.45, 7) is 8.69. The fourth-order valence-corrected chi connectivity index (χ4v) is 0.595. The van der Waals surface area contributed by atoms with E-state index >= 15 is 0 Å². The molecule has 0 aromatic heterocycles. The summed E-state index contributed by atoms with van der Waals surface area (Å²) in [6, 6.07) is 0. The van der Waals surface area contributed by atoms with Crippen molar-refractivity contribution in [2.24, 2.45) is 5.41 Å². The van der Waals surface area contributed by atoms with Crippen LogP contribution < -0.4 is 5.32 Å². The number of hydrogen-bond donors (Lipinski definition) is 1. The Hall–Kier alpha value is -0.970. The molecule has 0 fully saturated rings. The Kier molecular flexibility index (Phi) is 4.43. The third-order valence-corrected chi connectivity index (χ3v) is 1.24. The van der Waals surface area contributed by atoms with Crippen molar-refractivity contribution in [3.8, 4) is 11.8 Å². The molecule has 0 saturated carbocycles. The fraction of sp³-hybridized carbons (Fsp3) is 0.700. The first-order valence-electron chi connectivity index (χ1n) is 4.12. The van der Waals surface area contributed by atoms with Crippen LogP contribution in [0.2, 0.25) is 0 Å². The second-order valence-corrected chi connectivity index (χ2v) is 3.94. The quantitative estimate of drug-likeness (QED) is 0.621. The van der Waals surface area contributed by atoms with Crippen molar-refractivity contribution < 1.29 is 4.79 Å². The molecule has 1 amide bonds. The molecule has 0 aromatic rings. The summed E-state index contributed by atoms with van der Waals surface area (Å²) in [5.74, 6) is 5.42. The molecule has 1 N–H and O–H groups in total. The first-order chi connectivity index (χ1) is 5.45. The lowest BCUT2D eigenvalue weighted by molar-refractivity contribution is -0.120. The van der Waals surface area contributed by atoms with Gasteiger partial charge in [-0.15, -0.1) is 5.92 Å². The molecule has 0 atom stereocenters. The highest BCUT2D eigenvalue weighted by molar-refractivity contribution is 5.78. The topological polar surface area (TPSA) is 29.1 Å². The maximum Gasteiger partial charge on any atom is 0.232 e. The van der Waals surface area contributed by atoms with Gasteiger partial charge in [0.1, 0.15) is 0 Å². The van der Waals surface area contributed by atoms with Crippen LogP contribution in [0, 0.1) is 17.3 Å². The zero-order chi connectivity index (χ0) is 9.61. The monoisotopic (exact) mass is 167 g/mol. The number of rotatable bonds is 2. The lowest BCUT2D eigenvalue weighted by Gasteiger charge is -2.17. The molecule has 0 spiro atoms. The van der Waals surface area contributed by atoms with E-state index < -0.39 is 0 Å². The van der Waals surface area contributed by atoms with Crippen LogP contribution in [0.1, 0.15) is 34.1 Å². The molecule has 0 saturated heterocycles. The predicted molar refractivity (Wildman–Crippen MR) is 50.5 cm³/mol. The van der Waals surface area contributed by atoms with Crippen molar-refractivity contribution in [1.29, 1.82) is 0 Å². The summed E-state index contributed by atoms with van der Waals surface area (Å²) in [4.78, 5) is 11.0. The van der Waals surface area contributed by atoms with Gasteiger partial charge in [-0.3, -0.25) is 4.79 Å². The summed E-state index contributed by atoms with van der Waals surface area (Å²) >= 11 is 0. The van der Waals surface area contributed by atoms with Gasteiger partial charge in [0.05, 0.1) is 6.42 Å². The van der Waals surface area contributed by atoms with Gasteiger partial charge < -0.3 is 5.32 Å². The summed E-state index contributed by atoms with van der Waals surface area (Å²) in [6.07, 6.45) is 0.312. The Morgan fingerprint density at radius 1 is 1.42 bits per heavy atom. The predicted octanol–water partition coefficient (Wildman–Crippen LogP) is 1.56. The van der Waals surface area contributed by atoms with Gasteiger partial charge in [-0.25, -0.2) is 0 Å². The van der Waals surface area contributed by atoms with Crippen LogP contribution in [0.4, 0.5) is 0 Å². The molecular weight excluding hydrogens is 150 g/mol. The van der Waals surface area contributed by atoms with Gasteiger partial charge in [-0.05, 0) is 12.3 Å². The molecule has 2 heteroatoms. The van der Waals surface area contributed by atoms with Gasteiger partial charge in [0.2, 0.25) is 5.91 Å². The van der Waals surface area contributed by atoms with E-state index in [2.05, 4.69) is 37.9 Å². The SMILES string of the molecule is CC#CCC(=O)NCC(C)(C)C. The second-order valence-electron chi connectivity index (χ2n) is 3.94. The Bertz CT molecular complexity index is 202. The third kappa shape index (κ3) is 7.14. The summed E-state index contributed by atoms with van der Waals surface area (Å²) in [7, 11) is 0. The summed E-state index contributed by atoms with van der Waals surface area (Å²) in [5.41, 5.74) is 0.148. The normalized spacial score (nSPS) is 10.0. The van der Waals surface area contributed by atoms with E-state index in [-0.39, 0.29) is 11.3 Å². The van der Waals surface area contributed by atoms with E-state index in [1.807, 2.05) is 0 Å². The van der Waals surface area contributed by atoms with Crippen molar-refractivity contribution in [1.82, 2.24) is 5.32 Å². The molecule has 0 rings (SSSR count). The molecule has 12 heavy (non-hydrogen) atoms. The van der Waals surface area contributed by atoms with E-state index in [4.69, 9.17) is 0 Å². The number of carbonyl (C=O) groups excluding carboxylic acids is 1. The molecule has 0 bridgehead atoms.